The van der Waals surface area contributed by atoms with Crippen LogP contribution in [0.2, 0.25) is 0 Å². The molecule has 2 unspecified atom stereocenters. The minimum atomic E-state index is 0.524. The van der Waals surface area contributed by atoms with Crippen LogP contribution in [0.5, 0.6) is 0 Å². The summed E-state index contributed by atoms with van der Waals surface area (Å²) in [5.41, 5.74) is 2.08. The monoisotopic (exact) mass is 271 g/mol. The molecule has 2 aromatic rings. The van der Waals surface area contributed by atoms with E-state index in [2.05, 4.69) is 35.3 Å². The summed E-state index contributed by atoms with van der Waals surface area (Å²) in [4.78, 5) is 2.48. The third-order valence-corrected chi connectivity index (χ3v) is 3.97. The summed E-state index contributed by atoms with van der Waals surface area (Å²) in [6.07, 6.45) is 0. The van der Waals surface area contributed by atoms with Crippen molar-refractivity contribution in [2.75, 3.05) is 13.1 Å². The van der Waals surface area contributed by atoms with Crippen molar-refractivity contribution in [2.45, 2.75) is 32.5 Å². The average molecular weight is 271 g/mol. The molecule has 1 aliphatic rings. The lowest BCUT2D eigenvalue weighted by Gasteiger charge is -2.38. The molecule has 1 aliphatic heterocycles. The maximum atomic E-state index is 5.47. The van der Waals surface area contributed by atoms with E-state index in [4.69, 9.17) is 4.52 Å². The minimum Gasteiger partial charge on any atom is -0.356 e. The quantitative estimate of drug-likeness (QED) is 0.931. The summed E-state index contributed by atoms with van der Waals surface area (Å²) >= 11 is 0. The topological polar surface area (TPSA) is 41.3 Å². The highest BCUT2D eigenvalue weighted by atomic mass is 16.5. The van der Waals surface area contributed by atoms with E-state index in [9.17, 15) is 0 Å². The zero-order chi connectivity index (χ0) is 13.9. The van der Waals surface area contributed by atoms with Crippen LogP contribution in [-0.2, 0) is 6.54 Å². The summed E-state index contributed by atoms with van der Waals surface area (Å²) < 4.78 is 5.47. The van der Waals surface area contributed by atoms with Crippen LogP contribution in [0.3, 0.4) is 0 Å². The molecule has 1 fully saturated rings. The first-order chi connectivity index (χ1) is 9.74. The molecule has 106 valence electrons. The van der Waals surface area contributed by atoms with Crippen molar-refractivity contribution in [3.63, 3.8) is 0 Å². The fourth-order valence-corrected chi connectivity index (χ4v) is 2.79. The first kappa shape index (κ1) is 13.3. The Labute approximate surface area is 119 Å². The molecule has 3 rings (SSSR count). The Kier molecular flexibility index (Phi) is 3.85. The molecule has 0 saturated carbocycles. The maximum absolute atomic E-state index is 5.47. The first-order valence-electron chi connectivity index (χ1n) is 7.21. The van der Waals surface area contributed by atoms with E-state index in [0.717, 1.165) is 36.7 Å². The maximum Gasteiger partial charge on any atom is 0.167 e. The van der Waals surface area contributed by atoms with Crippen molar-refractivity contribution in [1.82, 2.24) is 15.4 Å². The number of hydrogen-bond donors (Lipinski definition) is 1. The second kappa shape index (κ2) is 5.77. The normalized spacial score (nSPS) is 23.9. The van der Waals surface area contributed by atoms with E-state index in [0.29, 0.717) is 12.1 Å². The molecule has 1 saturated heterocycles. The molecule has 0 spiro atoms. The molecule has 2 atom stereocenters. The Bertz CT molecular complexity index is 542. The lowest BCUT2D eigenvalue weighted by molar-refractivity contribution is 0.106. The number of aromatic nitrogens is 1. The summed E-state index contributed by atoms with van der Waals surface area (Å²) in [6.45, 7) is 7.42. The molecule has 20 heavy (non-hydrogen) atoms. The molecule has 0 bridgehead atoms. The summed E-state index contributed by atoms with van der Waals surface area (Å²) in [5, 5.41) is 7.66. The van der Waals surface area contributed by atoms with Crippen LogP contribution in [0.25, 0.3) is 11.3 Å². The van der Waals surface area contributed by atoms with Gasteiger partial charge < -0.3 is 9.84 Å². The van der Waals surface area contributed by atoms with Gasteiger partial charge in [0.2, 0.25) is 0 Å². The van der Waals surface area contributed by atoms with Gasteiger partial charge in [-0.25, -0.2) is 0 Å². The lowest BCUT2D eigenvalue weighted by atomic mass is 10.1. The molecule has 1 aromatic heterocycles. The van der Waals surface area contributed by atoms with Crippen molar-refractivity contribution >= 4 is 0 Å². The van der Waals surface area contributed by atoms with Crippen LogP contribution in [0, 0.1) is 0 Å². The highest BCUT2D eigenvalue weighted by Gasteiger charge is 2.25. The fourth-order valence-electron chi connectivity index (χ4n) is 2.79. The predicted molar refractivity (Wildman–Crippen MR) is 79.3 cm³/mol. The summed E-state index contributed by atoms with van der Waals surface area (Å²) in [7, 11) is 0. The van der Waals surface area contributed by atoms with Crippen LogP contribution < -0.4 is 5.32 Å². The third kappa shape index (κ3) is 2.76. The van der Waals surface area contributed by atoms with Crippen LogP contribution in [0.4, 0.5) is 0 Å². The van der Waals surface area contributed by atoms with Gasteiger partial charge in [-0.15, -0.1) is 0 Å². The van der Waals surface area contributed by atoms with Crippen molar-refractivity contribution in [1.29, 1.82) is 0 Å². The Hall–Kier alpha value is -1.65. The molecular weight excluding hydrogens is 250 g/mol. The van der Waals surface area contributed by atoms with E-state index < -0.39 is 0 Å². The van der Waals surface area contributed by atoms with Crippen LogP contribution >= 0.6 is 0 Å². The smallest absolute Gasteiger partial charge is 0.167 e. The number of piperazine rings is 1. The van der Waals surface area contributed by atoms with Gasteiger partial charge in [-0.1, -0.05) is 35.5 Å². The average Bonchev–Trinajstić information content (AvgIpc) is 2.93. The predicted octanol–water partition coefficient (Wildman–Crippen LogP) is 2.52. The molecule has 0 aliphatic carbocycles. The van der Waals surface area contributed by atoms with Crippen molar-refractivity contribution in [3.8, 4) is 11.3 Å². The van der Waals surface area contributed by atoms with E-state index in [-0.39, 0.29) is 0 Å². The second-order valence-corrected chi connectivity index (χ2v) is 5.58. The molecule has 4 heteroatoms. The van der Waals surface area contributed by atoms with E-state index >= 15 is 0 Å². The Morgan fingerprint density at radius 1 is 1.20 bits per heavy atom. The molecule has 2 heterocycles. The first-order valence-corrected chi connectivity index (χ1v) is 7.21. The highest BCUT2D eigenvalue weighted by molar-refractivity contribution is 5.56. The Morgan fingerprint density at radius 3 is 2.60 bits per heavy atom. The van der Waals surface area contributed by atoms with Crippen molar-refractivity contribution in [2.24, 2.45) is 0 Å². The fraction of sp³-hybridized carbons (Fsp3) is 0.438. The summed E-state index contributed by atoms with van der Waals surface area (Å²) in [5.74, 6) is 0.844. The highest BCUT2D eigenvalue weighted by Crippen LogP contribution is 2.21. The minimum absolute atomic E-state index is 0.524. The van der Waals surface area contributed by atoms with Gasteiger partial charge in [0.15, 0.2) is 5.76 Å². The third-order valence-electron chi connectivity index (χ3n) is 3.97. The van der Waals surface area contributed by atoms with Crippen molar-refractivity contribution in [3.05, 3.63) is 42.1 Å². The largest absolute Gasteiger partial charge is 0.356 e. The number of rotatable bonds is 3. The zero-order valence-corrected chi connectivity index (χ0v) is 12.0. The number of nitrogens with zero attached hydrogens (tertiary/aromatic N) is 2. The van der Waals surface area contributed by atoms with Crippen LogP contribution in [-0.4, -0.2) is 35.2 Å². The number of nitrogens with one attached hydrogen (secondary N) is 1. The van der Waals surface area contributed by atoms with Gasteiger partial charge in [-0.2, -0.15) is 0 Å². The van der Waals surface area contributed by atoms with Gasteiger partial charge in [0.25, 0.3) is 0 Å². The van der Waals surface area contributed by atoms with Gasteiger partial charge in [0.1, 0.15) is 0 Å². The second-order valence-electron chi connectivity index (χ2n) is 5.58. The number of hydrogen-bond acceptors (Lipinski definition) is 4. The molecule has 4 nitrogen and oxygen atoms in total. The van der Waals surface area contributed by atoms with Crippen LogP contribution in [0.15, 0.2) is 40.9 Å². The lowest BCUT2D eigenvalue weighted by Crippen LogP contribution is -2.54. The summed E-state index contributed by atoms with van der Waals surface area (Å²) in [6, 6.07) is 13.2. The molecular formula is C16H21N3O. The molecule has 1 N–H and O–H groups in total. The Balaban J connectivity index is 1.74. The SMILES string of the molecule is CC1CNCC(C)N1Cc1cc(-c2ccccc2)on1. The molecule has 0 radical (unpaired) electrons. The van der Waals surface area contributed by atoms with Crippen LogP contribution in [0.1, 0.15) is 19.5 Å². The van der Waals surface area contributed by atoms with Gasteiger partial charge in [-0.05, 0) is 13.8 Å². The standard InChI is InChI=1S/C16H21N3O/c1-12-9-17-10-13(2)19(12)11-15-8-16(20-18-15)14-6-4-3-5-7-14/h3-8,12-13,17H,9-11H2,1-2H3. The Morgan fingerprint density at radius 2 is 1.90 bits per heavy atom. The van der Waals surface area contributed by atoms with E-state index in [1.807, 2.05) is 30.3 Å². The van der Waals surface area contributed by atoms with E-state index in [1.165, 1.54) is 0 Å². The number of benzene rings is 1. The van der Waals surface area contributed by atoms with Gasteiger partial charge in [0.05, 0.1) is 5.69 Å². The van der Waals surface area contributed by atoms with Gasteiger partial charge in [0, 0.05) is 43.3 Å². The zero-order valence-electron chi connectivity index (χ0n) is 12.0. The molecule has 1 aromatic carbocycles. The van der Waals surface area contributed by atoms with Gasteiger partial charge >= 0.3 is 0 Å². The van der Waals surface area contributed by atoms with E-state index in [1.54, 1.807) is 0 Å². The molecule has 0 amide bonds. The van der Waals surface area contributed by atoms with Crippen molar-refractivity contribution < 1.29 is 4.52 Å². The van der Waals surface area contributed by atoms with Gasteiger partial charge in [-0.3, -0.25) is 4.90 Å².